The summed E-state index contributed by atoms with van der Waals surface area (Å²) in [6.45, 7) is 0. The minimum atomic E-state index is -0.124. The fourth-order valence-corrected chi connectivity index (χ4v) is 1.21. The molecule has 9 heavy (non-hydrogen) atoms. The Labute approximate surface area is 59.7 Å². The lowest BCUT2D eigenvalue weighted by Gasteiger charge is -2.29. The summed E-state index contributed by atoms with van der Waals surface area (Å²) in [5.74, 6) is 0. The van der Waals surface area contributed by atoms with Gasteiger partial charge in [0.25, 0.3) is 0 Å². The molecule has 0 aromatic heterocycles. The highest BCUT2D eigenvalue weighted by Gasteiger charge is 2.22. The summed E-state index contributed by atoms with van der Waals surface area (Å²) in [6.07, 6.45) is 1.71. The van der Waals surface area contributed by atoms with Crippen molar-refractivity contribution in [3.63, 3.8) is 0 Å². The summed E-state index contributed by atoms with van der Waals surface area (Å²) >= 11 is 5.73. The molecule has 3 nitrogen and oxygen atoms in total. The van der Waals surface area contributed by atoms with Crippen molar-refractivity contribution in [3.8, 4) is 0 Å². The molecule has 0 spiro atoms. The van der Waals surface area contributed by atoms with Gasteiger partial charge in [0, 0.05) is 6.04 Å². The predicted octanol–water partition coefficient (Wildman–Crippen LogP) is -0.453. The molecule has 1 rings (SSSR count). The van der Waals surface area contributed by atoms with Crippen molar-refractivity contribution in [2.45, 2.75) is 30.6 Å². The first kappa shape index (κ1) is 7.28. The van der Waals surface area contributed by atoms with Crippen LogP contribution in [0.2, 0.25) is 0 Å². The molecule has 1 aliphatic heterocycles. The summed E-state index contributed by atoms with van der Waals surface area (Å²) in [5, 5.41) is 2.95. The van der Waals surface area contributed by atoms with Gasteiger partial charge in [0.05, 0.1) is 11.7 Å². The highest BCUT2D eigenvalue weighted by molar-refractivity contribution is 6.20. The third-order valence-electron chi connectivity index (χ3n) is 1.59. The van der Waals surface area contributed by atoms with E-state index in [1.54, 1.807) is 0 Å². The Hall–Kier alpha value is 0.170. The van der Waals surface area contributed by atoms with Crippen molar-refractivity contribution in [1.82, 2.24) is 5.32 Å². The smallest absolute Gasteiger partial charge is 0.0838 e. The normalized spacial score (nSPS) is 45.0. The maximum atomic E-state index is 5.73. The van der Waals surface area contributed by atoms with Crippen LogP contribution in [0.25, 0.3) is 0 Å². The largest absolute Gasteiger partial charge is 0.325 e. The molecule has 0 radical (unpaired) electrons. The van der Waals surface area contributed by atoms with Crippen molar-refractivity contribution in [2.75, 3.05) is 0 Å². The molecule has 0 aromatic rings. The van der Waals surface area contributed by atoms with Gasteiger partial charge in [0.15, 0.2) is 0 Å². The molecule has 1 fully saturated rings. The summed E-state index contributed by atoms with van der Waals surface area (Å²) in [4.78, 5) is 0. The lowest BCUT2D eigenvalue weighted by Crippen LogP contribution is -2.57. The topological polar surface area (TPSA) is 64.1 Å². The average molecular weight is 150 g/mol. The van der Waals surface area contributed by atoms with Gasteiger partial charge in [-0.25, -0.2) is 0 Å². The number of hydrogen-bond acceptors (Lipinski definition) is 3. The van der Waals surface area contributed by atoms with Crippen LogP contribution in [0, 0.1) is 0 Å². The highest BCUT2D eigenvalue weighted by atomic mass is 35.5. The van der Waals surface area contributed by atoms with Crippen LogP contribution in [0.1, 0.15) is 12.8 Å². The molecule has 1 heterocycles. The second kappa shape index (κ2) is 2.84. The molecule has 1 aliphatic rings. The van der Waals surface area contributed by atoms with Gasteiger partial charge in [-0.15, -0.1) is 11.6 Å². The first-order valence-electron chi connectivity index (χ1n) is 3.11. The number of halogens is 1. The van der Waals surface area contributed by atoms with Crippen molar-refractivity contribution in [3.05, 3.63) is 0 Å². The summed E-state index contributed by atoms with van der Waals surface area (Å²) < 4.78 is 0. The predicted molar refractivity (Wildman–Crippen MR) is 38.0 cm³/mol. The monoisotopic (exact) mass is 149 g/mol. The molecule has 0 aromatic carbocycles. The van der Waals surface area contributed by atoms with Gasteiger partial charge in [0.1, 0.15) is 0 Å². The van der Waals surface area contributed by atoms with Gasteiger partial charge < -0.3 is 11.5 Å². The van der Waals surface area contributed by atoms with Gasteiger partial charge in [-0.3, -0.25) is 5.32 Å². The van der Waals surface area contributed by atoms with Crippen molar-refractivity contribution in [2.24, 2.45) is 11.5 Å². The lowest BCUT2D eigenvalue weighted by molar-refractivity contribution is 0.338. The van der Waals surface area contributed by atoms with Crippen molar-refractivity contribution in [1.29, 1.82) is 0 Å². The van der Waals surface area contributed by atoms with Crippen LogP contribution in [-0.2, 0) is 0 Å². The number of nitrogens with one attached hydrogen (secondary N) is 1. The quantitative estimate of drug-likeness (QED) is 0.323. The zero-order valence-corrected chi connectivity index (χ0v) is 5.93. The van der Waals surface area contributed by atoms with Crippen LogP contribution in [0.3, 0.4) is 0 Å². The molecular formula is C5H12ClN3. The first-order valence-corrected chi connectivity index (χ1v) is 3.55. The highest BCUT2D eigenvalue weighted by Crippen LogP contribution is 2.11. The first-order chi connectivity index (χ1) is 4.20. The fraction of sp³-hybridized carbons (Fsp3) is 1.00. The second-order valence-electron chi connectivity index (χ2n) is 2.40. The molecule has 3 unspecified atom stereocenters. The van der Waals surface area contributed by atoms with Crippen LogP contribution in [-0.4, -0.2) is 17.7 Å². The number of nitrogens with two attached hydrogens (primary N) is 2. The van der Waals surface area contributed by atoms with Crippen LogP contribution in [0.4, 0.5) is 0 Å². The molecule has 0 aliphatic carbocycles. The van der Waals surface area contributed by atoms with Gasteiger partial charge >= 0.3 is 0 Å². The molecule has 0 saturated carbocycles. The molecule has 54 valence electrons. The molecule has 5 N–H and O–H groups in total. The zero-order valence-electron chi connectivity index (χ0n) is 5.18. The summed E-state index contributed by atoms with van der Waals surface area (Å²) in [6, 6.07) is 0.0694. The molecular weight excluding hydrogens is 138 g/mol. The average Bonchev–Trinajstić information content (AvgIpc) is 1.80. The third-order valence-corrected chi connectivity index (χ3v) is 1.93. The number of hydrogen-bond donors (Lipinski definition) is 3. The van der Waals surface area contributed by atoms with Gasteiger partial charge in [-0.1, -0.05) is 0 Å². The fourth-order valence-electron chi connectivity index (χ4n) is 0.934. The summed E-state index contributed by atoms with van der Waals surface area (Å²) in [5.41, 5.74) is 11.2. The Morgan fingerprint density at radius 1 is 1.33 bits per heavy atom. The molecule has 0 amide bonds. The van der Waals surface area contributed by atoms with E-state index in [1.165, 1.54) is 0 Å². The molecule has 0 bridgehead atoms. The van der Waals surface area contributed by atoms with E-state index in [0.29, 0.717) is 0 Å². The molecule has 4 heteroatoms. The lowest BCUT2D eigenvalue weighted by atomic mass is 10.1. The Kier molecular flexibility index (Phi) is 2.29. The van der Waals surface area contributed by atoms with E-state index in [1.807, 2.05) is 0 Å². The number of piperidine rings is 1. The zero-order chi connectivity index (χ0) is 6.85. The van der Waals surface area contributed by atoms with E-state index in [4.69, 9.17) is 23.1 Å². The maximum Gasteiger partial charge on any atom is 0.0838 e. The van der Waals surface area contributed by atoms with Crippen LogP contribution in [0.5, 0.6) is 0 Å². The maximum absolute atomic E-state index is 5.73. The van der Waals surface area contributed by atoms with E-state index in [9.17, 15) is 0 Å². The molecule has 1 saturated heterocycles. The number of rotatable bonds is 0. The standard InChI is InChI=1S/C5H12ClN3/c6-4-2-1-3(7)5(8)9-4/h3-5,9H,1-2,7-8H2. The number of alkyl halides is 1. The van der Waals surface area contributed by atoms with Crippen molar-refractivity contribution < 1.29 is 0 Å². The Morgan fingerprint density at radius 3 is 2.44 bits per heavy atom. The van der Waals surface area contributed by atoms with Gasteiger partial charge in [-0.05, 0) is 12.8 Å². The second-order valence-corrected chi connectivity index (χ2v) is 2.93. The van der Waals surface area contributed by atoms with E-state index in [-0.39, 0.29) is 17.7 Å². The van der Waals surface area contributed by atoms with Gasteiger partial charge in [-0.2, -0.15) is 0 Å². The van der Waals surface area contributed by atoms with E-state index >= 15 is 0 Å². The van der Waals surface area contributed by atoms with Crippen LogP contribution >= 0.6 is 11.6 Å². The van der Waals surface area contributed by atoms with E-state index < -0.39 is 0 Å². The summed E-state index contributed by atoms with van der Waals surface area (Å²) in [7, 11) is 0. The Balaban J connectivity index is 2.35. The van der Waals surface area contributed by atoms with E-state index in [0.717, 1.165) is 12.8 Å². The minimum Gasteiger partial charge on any atom is -0.325 e. The van der Waals surface area contributed by atoms with Gasteiger partial charge in [0.2, 0.25) is 0 Å². The van der Waals surface area contributed by atoms with E-state index in [2.05, 4.69) is 5.32 Å². The molecule has 3 atom stereocenters. The Bertz CT molecular complexity index is 98.2. The van der Waals surface area contributed by atoms with Crippen LogP contribution < -0.4 is 16.8 Å². The SMILES string of the molecule is NC1CCC(Cl)NC1N. The van der Waals surface area contributed by atoms with Crippen molar-refractivity contribution >= 4 is 11.6 Å². The minimum absolute atomic E-state index is 0.0137. The van der Waals surface area contributed by atoms with Crippen LogP contribution in [0.15, 0.2) is 0 Å². The Morgan fingerprint density at radius 2 is 2.00 bits per heavy atom. The third kappa shape index (κ3) is 1.79.